The van der Waals surface area contributed by atoms with Crippen molar-refractivity contribution in [2.45, 2.75) is 25.7 Å². The molecule has 2 N–H and O–H groups in total. The maximum Gasteiger partial charge on any atom is 0.318 e. The van der Waals surface area contributed by atoms with Gasteiger partial charge in [-0.3, -0.25) is 4.79 Å². The van der Waals surface area contributed by atoms with Crippen LogP contribution in [0.3, 0.4) is 0 Å². The average molecular weight is 304 g/mol. The quantitative estimate of drug-likeness (QED) is 0.861. The first kappa shape index (κ1) is 15.7. The van der Waals surface area contributed by atoms with Gasteiger partial charge < -0.3 is 10.5 Å². The predicted octanol–water partition coefficient (Wildman–Crippen LogP) is 2.37. The van der Waals surface area contributed by atoms with Crippen molar-refractivity contribution >= 4 is 17.3 Å². The largest absolute Gasteiger partial charge is 0.468 e. The normalized spacial score (nSPS) is 13.7. The van der Waals surface area contributed by atoms with Crippen LogP contribution in [0.1, 0.15) is 21.1 Å². The Hall–Kier alpha value is -1.72. The third-order valence-corrected chi connectivity index (χ3v) is 4.85. The Morgan fingerprint density at radius 2 is 2.00 bits per heavy atom. The van der Waals surface area contributed by atoms with Gasteiger partial charge in [0.25, 0.3) is 0 Å². The number of nitrogens with zero attached hydrogens (tertiary/aromatic N) is 1. The predicted molar refractivity (Wildman–Crippen MR) is 84.5 cm³/mol. The Balaban J connectivity index is 2.47. The molecular formula is C16H20N2O2S. The van der Waals surface area contributed by atoms with E-state index in [0.29, 0.717) is 6.42 Å². The molecule has 0 radical (unpaired) electrons. The Morgan fingerprint density at radius 1 is 1.33 bits per heavy atom. The molecule has 0 aliphatic heterocycles. The summed E-state index contributed by atoms with van der Waals surface area (Å²) in [5, 5.41) is 0.907. The summed E-state index contributed by atoms with van der Waals surface area (Å²) >= 11 is 1.60. The standard InChI is InChI=1S/C16H20N2O2S/c1-11-12(2)21-14(18-11)9-16(10-17,15(19)20-3)13-7-5-4-6-8-13/h4-8H,9-10,17H2,1-3H3. The molecule has 0 saturated carbocycles. The molecule has 1 heterocycles. The van der Waals surface area contributed by atoms with Crippen molar-refractivity contribution < 1.29 is 9.53 Å². The fourth-order valence-corrected chi connectivity index (χ4v) is 3.44. The van der Waals surface area contributed by atoms with Crippen molar-refractivity contribution in [3.63, 3.8) is 0 Å². The van der Waals surface area contributed by atoms with E-state index >= 15 is 0 Å². The highest BCUT2D eigenvalue weighted by molar-refractivity contribution is 7.11. The van der Waals surface area contributed by atoms with Crippen LogP contribution in [0.25, 0.3) is 0 Å². The van der Waals surface area contributed by atoms with E-state index in [4.69, 9.17) is 10.5 Å². The van der Waals surface area contributed by atoms with Gasteiger partial charge in [0.05, 0.1) is 17.8 Å². The van der Waals surface area contributed by atoms with Gasteiger partial charge in [0.15, 0.2) is 0 Å². The Kier molecular flexibility index (Phi) is 4.75. The van der Waals surface area contributed by atoms with Crippen LogP contribution in [0.5, 0.6) is 0 Å². The minimum Gasteiger partial charge on any atom is -0.468 e. The first-order chi connectivity index (χ1) is 10.0. The highest BCUT2D eigenvalue weighted by atomic mass is 32.1. The summed E-state index contributed by atoms with van der Waals surface area (Å²) in [4.78, 5) is 18.1. The fraction of sp³-hybridized carbons (Fsp3) is 0.375. The van der Waals surface area contributed by atoms with Gasteiger partial charge in [0.1, 0.15) is 5.41 Å². The number of carbonyl (C=O) groups excluding carboxylic acids is 1. The highest BCUT2D eigenvalue weighted by Crippen LogP contribution is 2.31. The smallest absolute Gasteiger partial charge is 0.318 e. The number of rotatable bonds is 5. The maximum absolute atomic E-state index is 12.4. The van der Waals surface area contributed by atoms with Gasteiger partial charge in [-0.25, -0.2) is 4.98 Å². The van der Waals surface area contributed by atoms with Gasteiger partial charge in [0.2, 0.25) is 0 Å². The summed E-state index contributed by atoms with van der Waals surface area (Å²) in [5.74, 6) is -0.318. The summed E-state index contributed by atoms with van der Waals surface area (Å²) in [7, 11) is 1.40. The minimum absolute atomic E-state index is 0.182. The van der Waals surface area contributed by atoms with Gasteiger partial charge in [-0.1, -0.05) is 30.3 Å². The number of methoxy groups -OCH3 is 1. The van der Waals surface area contributed by atoms with E-state index in [1.165, 1.54) is 7.11 Å². The van der Waals surface area contributed by atoms with Gasteiger partial charge in [-0.05, 0) is 19.4 Å². The van der Waals surface area contributed by atoms with E-state index in [-0.39, 0.29) is 12.5 Å². The molecule has 1 aromatic carbocycles. The molecule has 0 aliphatic rings. The molecule has 0 bridgehead atoms. The second-order valence-corrected chi connectivity index (χ2v) is 6.36. The van der Waals surface area contributed by atoms with Gasteiger partial charge in [0, 0.05) is 17.8 Å². The van der Waals surface area contributed by atoms with E-state index in [1.807, 2.05) is 44.2 Å². The number of esters is 1. The summed E-state index contributed by atoms with van der Waals surface area (Å²) < 4.78 is 5.03. The molecule has 5 heteroatoms. The van der Waals surface area contributed by atoms with Crippen molar-refractivity contribution in [2.24, 2.45) is 5.73 Å². The lowest BCUT2D eigenvalue weighted by Gasteiger charge is -2.29. The van der Waals surface area contributed by atoms with Crippen LogP contribution in [0.15, 0.2) is 30.3 Å². The van der Waals surface area contributed by atoms with Crippen molar-refractivity contribution in [3.05, 3.63) is 51.5 Å². The van der Waals surface area contributed by atoms with Crippen LogP contribution < -0.4 is 5.73 Å². The number of carbonyl (C=O) groups is 1. The van der Waals surface area contributed by atoms with Crippen molar-refractivity contribution in [2.75, 3.05) is 13.7 Å². The molecule has 0 spiro atoms. The number of aromatic nitrogens is 1. The second kappa shape index (κ2) is 6.37. The van der Waals surface area contributed by atoms with Gasteiger partial charge >= 0.3 is 5.97 Å². The van der Waals surface area contributed by atoms with E-state index in [0.717, 1.165) is 21.1 Å². The molecule has 0 fully saturated rings. The molecular weight excluding hydrogens is 284 g/mol. The molecule has 4 nitrogen and oxygen atoms in total. The number of ether oxygens (including phenoxy) is 1. The first-order valence-electron chi connectivity index (χ1n) is 6.80. The molecule has 0 amide bonds. The zero-order valence-electron chi connectivity index (χ0n) is 12.6. The van der Waals surface area contributed by atoms with Crippen molar-refractivity contribution in [1.29, 1.82) is 0 Å². The molecule has 0 aliphatic carbocycles. The zero-order chi connectivity index (χ0) is 15.5. The van der Waals surface area contributed by atoms with Gasteiger partial charge in [-0.15, -0.1) is 11.3 Å². The van der Waals surface area contributed by atoms with Crippen LogP contribution in [0.4, 0.5) is 0 Å². The monoisotopic (exact) mass is 304 g/mol. The van der Waals surface area contributed by atoms with E-state index in [1.54, 1.807) is 11.3 Å². The molecule has 2 rings (SSSR count). The molecule has 21 heavy (non-hydrogen) atoms. The molecule has 1 unspecified atom stereocenters. The third-order valence-electron chi connectivity index (χ3n) is 3.78. The van der Waals surface area contributed by atoms with Crippen LogP contribution in [0.2, 0.25) is 0 Å². The van der Waals surface area contributed by atoms with Crippen LogP contribution in [0, 0.1) is 13.8 Å². The zero-order valence-corrected chi connectivity index (χ0v) is 13.4. The fourth-order valence-electron chi connectivity index (χ4n) is 2.39. The molecule has 0 saturated heterocycles. The summed E-state index contributed by atoms with van der Waals surface area (Å²) in [6.45, 7) is 4.18. The summed E-state index contributed by atoms with van der Waals surface area (Å²) in [5.41, 5.74) is 6.97. The minimum atomic E-state index is -0.882. The number of aryl methyl sites for hydroxylation is 2. The van der Waals surface area contributed by atoms with E-state index in [2.05, 4.69) is 4.98 Å². The third kappa shape index (κ3) is 2.99. The SMILES string of the molecule is COC(=O)C(CN)(Cc1nc(C)c(C)s1)c1ccccc1. The molecule has 1 aromatic heterocycles. The van der Waals surface area contributed by atoms with Crippen LogP contribution in [-0.2, 0) is 21.4 Å². The number of thiazole rings is 1. The van der Waals surface area contributed by atoms with Gasteiger partial charge in [-0.2, -0.15) is 0 Å². The topological polar surface area (TPSA) is 65.2 Å². The lowest BCUT2D eigenvalue weighted by Crippen LogP contribution is -2.45. The van der Waals surface area contributed by atoms with Crippen LogP contribution >= 0.6 is 11.3 Å². The Morgan fingerprint density at radius 3 is 2.48 bits per heavy atom. The van der Waals surface area contributed by atoms with Crippen molar-refractivity contribution in [1.82, 2.24) is 4.98 Å². The van der Waals surface area contributed by atoms with Crippen molar-refractivity contribution in [3.8, 4) is 0 Å². The number of nitrogens with two attached hydrogens (primary N) is 1. The molecule has 1 atom stereocenters. The first-order valence-corrected chi connectivity index (χ1v) is 7.62. The summed E-state index contributed by atoms with van der Waals surface area (Å²) in [6, 6.07) is 9.55. The highest BCUT2D eigenvalue weighted by Gasteiger charge is 2.41. The average Bonchev–Trinajstić information content (AvgIpc) is 2.83. The second-order valence-electron chi connectivity index (χ2n) is 5.07. The molecule has 2 aromatic rings. The van der Waals surface area contributed by atoms with Crippen LogP contribution in [-0.4, -0.2) is 24.6 Å². The van der Waals surface area contributed by atoms with E-state index in [9.17, 15) is 4.79 Å². The number of hydrogen-bond donors (Lipinski definition) is 1. The lowest BCUT2D eigenvalue weighted by atomic mass is 9.77. The maximum atomic E-state index is 12.4. The molecule has 112 valence electrons. The number of hydrogen-bond acceptors (Lipinski definition) is 5. The van der Waals surface area contributed by atoms with E-state index < -0.39 is 5.41 Å². The summed E-state index contributed by atoms with van der Waals surface area (Å²) in [6.07, 6.45) is 0.458. The Bertz CT molecular complexity index is 605. The number of benzene rings is 1. The Labute approximate surface area is 129 Å². The lowest BCUT2D eigenvalue weighted by molar-refractivity contribution is -0.147.